The van der Waals surface area contributed by atoms with Crippen molar-refractivity contribution < 1.29 is 15.0 Å². The van der Waals surface area contributed by atoms with Gasteiger partial charge in [0.15, 0.2) is 11.6 Å². The van der Waals surface area contributed by atoms with Crippen molar-refractivity contribution in [2.24, 2.45) is 10.7 Å². The van der Waals surface area contributed by atoms with E-state index in [2.05, 4.69) is 68.4 Å². The van der Waals surface area contributed by atoms with E-state index in [0.29, 0.717) is 5.56 Å². The van der Waals surface area contributed by atoms with Gasteiger partial charge in [0.25, 0.3) is 0 Å². The quantitative estimate of drug-likeness (QED) is 0.101. The second-order valence-electron chi connectivity index (χ2n) is 13.2. The number of phenols is 2. The van der Waals surface area contributed by atoms with Crippen molar-refractivity contribution in [1.29, 1.82) is 0 Å². The molecule has 3 heterocycles. The number of nitrogens with zero attached hydrogens (tertiary/aromatic N) is 4. The number of nitrogens with one attached hydrogen (secondary N) is 1. The summed E-state index contributed by atoms with van der Waals surface area (Å²) in [5, 5.41) is 26.7. The highest BCUT2D eigenvalue weighted by atomic mass is 16.3. The largest absolute Gasteiger partial charge is 0.508 e. The number of nitrogens with two attached hydrogens (primary N) is 1. The summed E-state index contributed by atoms with van der Waals surface area (Å²) in [6, 6.07) is 7.08. The number of likely N-dealkylation sites (tertiary alicyclic amines) is 1. The predicted octanol–water partition coefficient (Wildman–Crippen LogP) is 7.95. The van der Waals surface area contributed by atoms with Crippen LogP contribution in [0.1, 0.15) is 126 Å². The molecule has 3 aromatic rings. The number of hydrogen-bond acceptors (Lipinski definition) is 7. The molecule has 0 spiro atoms. The summed E-state index contributed by atoms with van der Waals surface area (Å²) in [5.74, 6) is 1.62. The van der Waals surface area contributed by atoms with Crippen LogP contribution in [-0.2, 0) is 12.8 Å². The molecule has 1 aromatic carbocycles. The van der Waals surface area contributed by atoms with E-state index < -0.39 is 0 Å². The molecule has 2 aromatic heterocycles. The van der Waals surface area contributed by atoms with Gasteiger partial charge in [-0.3, -0.25) is 14.9 Å². The predicted molar refractivity (Wildman–Crippen MR) is 188 cm³/mol. The summed E-state index contributed by atoms with van der Waals surface area (Å²) in [5.41, 5.74) is 12.7. The number of benzene rings is 1. The first-order valence-electron chi connectivity index (χ1n) is 16.6. The van der Waals surface area contributed by atoms with E-state index in [9.17, 15) is 15.0 Å². The number of aromatic nitrogens is 3. The Bertz CT molecular complexity index is 1530. The van der Waals surface area contributed by atoms with Crippen molar-refractivity contribution in [3.63, 3.8) is 0 Å². The molecule has 0 radical (unpaired) electrons. The van der Waals surface area contributed by atoms with E-state index in [0.717, 1.165) is 73.8 Å². The highest BCUT2D eigenvalue weighted by Gasteiger charge is 2.27. The number of rotatable bonds is 10. The fraction of sp³-hybridized carbons (Fsp3) is 0.514. The number of aromatic hydroxyl groups is 2. The molecule has 9 heteroatoms. The summed E-state index contributed by atoms with van der Waals surface area (Å²) in [7, 11) is 0. The van der Waals surface area contributed by atoms with E-state index in [1.807, 2.05) is 19.9 Å². The Balaban J connectivity index is 0.000000344. The summed E-state index contributed by atoms with van der Waals surface area (Å²) in [4.78, 5) is 23.4. The zero-order valence-corrected chi connectivity index (χ0v) is 29.1. The normalized spacial score (nSPS) is 14.8. The molecule has 0 saturated carbocycles. The number of carbonyl (C=O) groups is 1. The van der Waals surface area contributed by atoms with Gasteiger partial charge in [-0.05, 0) is 87.1 Å². The second kappa shape index (κ2) is 16.0. The molecule has 0 amide bonds. The minimum atomic E-state index is -0.204. The molecule has 1 aliphatic rings. The average Bonchev–Trinajstić information content (AvgIpc) is 3.42. The molecule has 1 saturated heterocycles. The molecule has 9 nitrogen and oxygen atoms in total. The number of carbonyl (C=O) groups excluding carboxylic acids is 1. The maximum atomic E-state index is 11.1. The lowest BCUT2D eigenvalue weighted by Crippen LogP contribution is -2.49. The topological polar surface area (TPSA) is 141 Å². The van der Waals surface area contributed by atoms with Crippen LogP contribution in [0.2, 0.25) is 0 Å². The molecular formula is C37H54N6O3. The van der Waals surface area contributed by atoms with Crippen LogP contribution in [0.25, 0.3) is 11.4 Å². The Labute approximate surface area is 275 Å². The SMILES string of the molecule is C=CC(=Nc1n[nH]c(-c2ccc(CC)c(CCCC)n2)c1C(C)C)N1CCC(C)(N)CC1.CC(=O)c1cc(C(C)C)c(O)cc1O. The Morgan fingerprint density at radius 3 is 2.35 bits per heavy atom. The highest BCUT2D eigenvalue weighted by Crippen LogP contribution is 2.35. The number of hydrogen-bond donors (Lipinski definition) is 4. The van der Waals surface area contributed by atoms with Crippen LogP contribution in [0.15, 0.2) is 41.9 Å². The van der Waals surface area contributed by atoms with Crippen molar-refractivity contribution in [2.45, 2.75) is 111 Å². The molecule has 0 bridgehead atoms. The lowest BCUT2D eigenvalue weighted by molar-refractivity contribution is 0.101. The zero-order chi connectivity index (χ0) is 34.2. The molecule has 0 atom stereocenters. The number of H-pyrrole nitrogens is 1. The fourth-order valence-electron chi connectivity index (χ4n) is 5.66. The minimum Gasteiger partial charge on any atom is -0.508 e. The van der Waals surface area contributed by atoms with Crippen molar-refractivity contribution in [3.8, 4) is 22.9 Å². The molecule has 0 aliphatic carbocycles. The number of ketones is 1. The third kappa shape index (κ3) is 9.06. The summed E-state index contributed by atoms with van der Waals surface area (Å²) in [6.07, 6.45) is 8.04. The number of aromatic amines is 1. The molecule has 0 unspecified atom stereocenters. The smallest absolute Gasteiger partial charge is 0.179 e. The Kier molecular flexibility index (Phi) is 12.7. The van der Waals surface area contributed by atoms with Gasteiger partial charge in [0.2, 0.25) is 0 Å². The van der Waals surface area contributed by atoms with Crippen LogP contribution in [-0.4, -0.2) is 60.5 Å². The van der Waals surface area contributed by atoms with Gasteiger partial charge in [0.1, 0.15) is 17.3 Å². The van der Waals surface area contributed by atoms with Gasteiger partial charge in [0.05, 0.1) is 17.0 Å². The third-order valence-corrected chi connectivity index (χ3v) is 8.61. The van der Waals surface area contributed by atoms with Crippen molar-refractivity contribution in [1.82, 2.24) is 20.1 Å². The summed E-state index contributed by atoms with van der Waals surface area (Å²) in [6.45, 7) is 21.9. The lowest BCUT2D eigenvalue weighted by Gasteiger charge is -2.37. The molecule has 1 fully saturated rings. The number of amidine groups is 1. The van der Waals surface area contributed by atoms with Gasteiger partial charge in [-0.2, -0.15) is 5.10 Å². The van der Waals surface area contributed by atoms with Crippen LogP contribution < -0.4 is 5.73 Å². The number of unbranched alkanes of at least 4 members (excludes halogenated alkanes) is 1. The molecule has 1 aliphatic heterocycles. The number of Topliss-reactive ketones (excluding diaryl/α,β-unsaturated/α-hetero) is 1. The monoisotopic (exact) mass is 630 g/mol. The van der Waals surface area contributed by atoms with Crippen molar-refractivity contribution >= 4 is 17.4 Å². The number of aryl methyl sites for hydroxylation is 2. The average molecular weight is 631 g/mol. The molecule has 5 N–H and O–H groups in total. The van der Waals surface area contributed by atoms with E-state index in [1.165, 1.54) is 36.7 Å². The van der Waals surface area contributed by atoms with Gasteiger partial charge in [-0.1, -0.05) is 60.6 Å². The van der Waals surface area contributed by atoms with Gasteiger partial charge in [0, 0.05) is 36.0 Å². The van der Waals surface area contributed by atoms with E-state index >= 15 is 0 Å². The van der Waals surface area contributed by atoms with Gasteiger partial charge < -0.3 is 20.8 Å². The first-order valence-corrected chi connectivity index (χ1v) is 16.6. The van der Waals surface area contributed by atoms with Crippen molar-refractivity contribution in [2.75, 3.05) is 13.1 Å². The molecular weight excluding hydrogens is 576 g/mol. The Morgan fingerprint density at radius 2 is 1.80 bits per heavy atom. The van der Waals surface area contributed by atoms with Crippen LogP contribution in [0.4, 0.5) is 5.82 Å². The standard InChI is InChI=1S/C26H40N6.C11H14O3/c1-7-10-11-20-19(8-2)12-13-21(28-20)24-23(18(4)5)25(31-30-24)29-22(9-3)32-16-14-26(6,27)15-17-32;1-6(2)8-4-9(7(3)12)11(14)5-10(8)13/h9,12-13,18H,3,7-8,10-11,14-17,27H2,1-2,4-6H3,(H,30,31);4-6,13-14H,1-3H3. The van der Waals surface area contributed by atoms with Crippen LogP contribution >= 0.6 is 0 Å². The van der Waals surface area contributed by atoms with Crippen molar-refractivity contribution in [3.05, 3.63) is 64.9 Å². The Hall–Kier alpha value is -3.98. The zero-order valence-electron chi connectivity index (χ0n) is 29.1. The number of pyridine rings is 1. The van der Waals surface area contributed by atoms with Gasteiger partial charge in [-0.25, -0.2) is 4.99 Å². The lowest BCUT2D eigenvalue weighted by atomic mass is 9.91. The number of phenolic OH excluding ortho intramolecular Hbond substituents is 2. The van der Waals surface area contributed by atoms with E-state index in [-0.39, 0.29) is 40.2 Å². The summed E-state index contributed by atoms with van der Waals surface area (Å²) < 4.78 is 0. The summed E-state index contributed by atoms with van der Waals surface area (Å²) >= 11 is 0. The number of aliphatic imine (C=N–C) groups is 1. The van der Waals surface area contributed by atoms with Gasteiger partial charge >= 0.3 is 0 Å². The van der Waals surface area contributed by atoms with E-state index in [1.54, 1.807) is 0 Å². The Morgan fingerprint density at radius 1 is 1.13 bits per heavy atom. The van der Waals surface area contributed by atoms with Crippen LogP contribution in [0.5, 0.6) is 11.5 Å². The molecule has 250 valence electrons. The molecule has 4 rings (SSSR count). The minimum absolute atomic E-state index is 0.0301. The maximum Gasteiger partial charge on any atom is 0.179 e. The first kappa shape index (κ1) is 36.5. The number of piperidine rings is 1. The maximum absolute atomic E-state index is 11.1. The highest BCUT2D eigenvalue weighted by molar-refractivity contribution is 5.97. The fourth-order valence-corrected chi connectivity index (χ4v) is 5.66. The van der Waals surface area contributed by atoms with E-state index in [4.69, 9.17) is 15.7 Å². The molecule has 46 heavy (non-hydrogen) atoms. The third-order valence-electron chi connectivity index (χ3n) is 8.61. The van der Waals surface area contributed by atoms with Crippen LogP contribution in [0.3, 0.4) is 0 Å². The van der Waals surface area contributed by atoms with Gasteiger partial charge in [-0.15, -0.1) is 0 Å². The second-order valence-corrected chi connectivity index (χ2v) is 13.2. The first-order chi connectivity index (χ1) is 21.7. The van der Waals surface area contributed by atoms with Crippen LogP contribution in [0, 0.1) is 0 Å².